The normalized spacial score (nSPS) is 21.1. The van der Waals surface area contributed by atoms with Crippen molar-refractivity contribution >= 4 is 12.0 Å². The maximum Gasteiger partial charge on any atom is 0.426 e. The first-order valence-electron chi connectivity index (χ1n) is 10.5. The number of allylic oxidation sites excluding steroid dienone is 1. The van der Waals surface area contributed by atoms with Crippen LogP contribution in [-0.4, -0.2) is 18.6 Å². The van der Waals surface area contributed by atoms with Crippen molar-refractivity contribution in [2.24, 2.45) is 17.3 Å². The fraction of sp³-hybridized carbons (Fsp3) is 0.360. The summed E-state index contributed by atoms with van der Waals surface area (Å²) in [6.07, 6.45) is 4.80. The average Bonchev–Trinajstić information content (AvgIpc) is 2.78. The number of fused-ring (bicyclic) bond motifs is 1. The number of carbonyl (C=O) groups is 2. The first kappa shape index (κ1) is 20.2. The van der Waals surface area contributed by atoms with Crippen molar-refractivity contribution < 1.29 is 14.3 Å². The monoisotopic (exact) mass is 404 g/mol. The molecule has 3 aliphatic rings. The van der Waals surface area contributed by atoms with Crippen molar-refractivity contribution in [2.45, 2.75) is 33.1 Å². The summed E-state index contributed by atoms with van der Waals surface area (Å²) < 4.78 is 5.24. The van der Waals surface area contributed by atoms with Crippen LogP contribution in [-0.2, 0) is 4.74 Å². The Balaban J connectivity index is 1.20. The zero-order valence-electron chi connectivity index (χ0n) is 17.5. The van der Waals surface area contributed by atoms with Crippen LogP contribution >= 0.6 is 0 Å². The van der Waals surface area contributed by atoms with Gasteiger partial charge in [0.2, 0.25) is 0 Å². The first-order chi connectivity index (χ1) is 14.4. The van der Waals surface area contributed by atoms with Gasteiger partial charge in [-0.1, -0.05) is 68.0 Å². The Bertz CT molecular complexity index is 948. The van der Waals surface area contributed by atoms with Gasteiger partial charge < -0.3 is 4.74 Å². The van der Waals surface area contributed by atoms with Crippen molar-refractivity contribution in [3.05, 3.63) is 71.8 Å². The van der Waals surface area contributed by atoms with E-state index in [1.807, 2.05) is 42.5 Å². The predicted octanol–water partition coefficient (Wildman–Crippen LogP) is 5.11. The quantitative estimate of drug-likeness (QED) is 0.538. The fourth-order valence-electron chi connectivity index (χ4n) is 4.68. The zero-order chi connectivity index (χ0) is 21.1. The van der Waals surface area contributed by atoms with Crippen LogP contribution in [0.15, 0.2) is 66.2 Å². The maximum atomic E-state index is 12.2. The van der Waals surface area contributed by atoms with Crippen molar-refractivity contribution in [1.29, 1.82) is 0 Å². The highest BCUT2D eigenvalue weighted by Crippen LogP contribution is 2.59. The fourth-order valence-corrected chi connectivity index (χ4v) is 4.68. The molecule has 5 heteroatoms. The lowest BCUT2D eigenvalue weighted by Crippen LogP contribution is -2.48. The molecule has 5 rings (SSSR count). The lowest BCUT2D eigenvalue weighted by atomic mass is 9.48. The smallest absolute Gasteiger partial charge is 0.426 e. The second-order valence-corrected chi connectivity index (χ2v) is 8.73. The maximum absolute atomic E-state index is 12.2. The second kappa shape index (κ2) is 8.34. The van der Waals surface area contributed by atoms with E-state index in [9.17, 15) is 9.59 Å². The second-order valence-electron chi connectivity index (χ2n) is 8.73. The Morgan fingerprint density at radius 2 is 1.70 bits per heavy atom. The Morgan fingerprint density at radius 3 is 2.37 bits per heavy atom. The minimum absolute atomic E-state index is 0.316. The Labute approximate surface area is 177 Å². The number of benzene rings is 2. The van der Waals surface area contributed by atoms with Gasteiger partial charge in [-0.3, -0.25) is 10.2 Å². The molecule has 30 heavy (non-hydrogen) atoms. The third-order valence-corrected chi connectivity index (χ3v) is 6.74. The molecule has 0 aromatic heterocycles. The third-order valence-electron chi connectivity index (χ3n) is 6.74. The van der Waals surface area contributed by atoms with Crippen LogP contribution < -0.4 is 10.9 Å². The molecule has 2 unspecified atom stereocenters. The van der Waals surface area contributed by atoms with E-state index < -0.39 is 6.09 Å². The molecule has 0 heterocycles. The molecular weight excluding hydrogens is 376 g/mol. The van der Waals surface area contributed by atoms with E-state index in [1.165, 1.54) is 12.0 Å². The molecular formula is C25H28N2O3. The van der Waals surface area contributed by atoms with Gasteiger partial charge in [0.05, 0.1) is 6.61 Å². The summed E-state index contributed by atoms with van der Waals surface area (Å²) in [4.78, 5) is 24.2. The van der Waals surface area contributed by atoms with Crippen molar-refractivity contribution in [2.75, 3.05) is 6.61 Å². The van der Waals surface area contributed by atoms with Crippen LogP contribution in [0.5, 0.6) is 0 Å². The standard InChI is InChI=1S/C25H28N2O3/c1-25(2)21-13-12-19(22(25)16-21)14-15-30-24(29)27-26-23(28)20-10-8-18(9-11-20)17-6-4-3-5-7-17/h3-12,21-22H,13-16H2,1-2H3,(H,26,28)(H,27,29). The van der Waals surface area contributed by atoms with E-state index in [0.717, 1.165) is 29.9 Å². The Hall–Kier alpha value is -3.08. The molecule has 2 aromatic rings. The number of rotatable bonds is 5. The molecule has 1 saturated carbocycles. The topological polar surface area (TPSA) is 67.4 Å². The third kappa shape index (κ3) is 4.11. The van der Waals surface area contributed by atoms with Crippen LogP contribution in [0, 0.1) is 17.3 Å². The average molecular weight is 405 g/mol. The molecule has 2 N–H and O–H groups in total. The predicted molar refractivity (Wildman–Crippen MR) is 117 cm³/mol. The van der Waals surface area contributed by atoms with Crippen LogP contribution in [0.1, 0.15) is 43.5 Å². The van der Waals surface area contributed by atoms with Gasteiger partial charge >= 0.3 is 6.09 Å². The van der Waals surface area contributed by atoms with E-state index in [0.29, 0.717) is 23.5 Å². The van der Waals surface area contributed by atoms with Crippen molar-refractivity contribution in [1.82, 2.24) is 10.9 Å². The van der Waals surface area contributed by atoms with Gasteiger partial charge in [0.15, 0.2) is 0 Å². The molecule has 2 amide bonds. The van der Waals surface area contributed by atoms with Gasteiger partial charge in [0.25, 0.3) is 5.91 Å². The largest absolute Gasteiger partial charge is 0.448 e. The number of hydrazine groups is 1. The van der Waals surface area contributed by atoms with Gasteiger partial charge in [-0.2, -0.15) is 0 Å². The SMILES string of the molecule is CC1(C)C2CC=C(CCOC(=O)NNC(=O)c3ccc(-c4ccccc4)cc3)C1C2. The highest BCUT2D eigenvalue weighted by molar-refractivity contribution is 5.95. The number of ether oxygens (including phenoxy) is 1. The molecule has 0 aliphatic heterocycles. The molecule has 156 valence electrons. The molecule has 0 radical (unpaired) electrons. The summed E-state index contributed by atoms with van der Waals surface area (Å²) >= 11 is 0. The van der Waals surface area contributed by atoms with E-state index in [1.54, 1.807) is 12.1 Å². The van der Waals surface area contributed by atoms with Gasteiger partial charge in [-0.25, -0.2) is 10.2 Å². The molecule has 3 aliphatic carbocycles. The molecule has 5 nitrogen and oxygen atoms in total. The lowest BCUT2D eigenvalue weighted by molar-refractivity contribution is -0.00973. The molecule has 2 bridgehead atoms. The number of amides is 2. The van der Waals surface area contributed by atoms with E-state index in [2.05, 4.69) is 30.8 Å². The summed E-state index contributed by atoms with van der Waals surface area (Å²) in [5.74, 6) is 1.03. The van der Waals surface area contributed by atoms with Gasteiger partial charge in [0.1, 0.15) is 0 Å². The van der Waals surface area contributed by atoms with E-state index in [4.69, 9.17) is 4.74 Å². The molecule has 0 saturated heterocycles. The highest BCUT2D eigenvalue weighted by atomic mass is 16.6. The van der Waals surface area contributed by atoms with Crippen LogP contribution in [0.2, 0.25) is 0 Å². The van der Waals surface area contributed by atoms with Crippen LogP contribution in [0.4, 0.5) is 4.79 Å². The summed E-state index contributed by atoms with van der Waals surface area (Å²) in [7, 11) is 0. The number of hydrogen-bond donors (Lipinski definition) is 2. The Kier molecular flexibility index (Phi) is 5.62. The van der Waals surface area contributed by atoms with Crippen molar-refractivity contribution in [3.63, 3.8) is 0 Å². The zero-order valence-corrected chi connectivity index (χ0v) is 17.5. The number of carbonyl (C=O) groups excluding carboxylic acids is 2. The molecule has 1 fully saturated rings. The minimum Gasteiger partial charge on any atom is -0.448 e. The van der Waals surface area contributed by atoms with Gasteiger partial charge in [-0.15, -0.1) is 0 Å². The summed E-state index contributed by atoms with van der Waals surface area (Å²) in [6.45, 7) is 4.97. The summed E-state index contributed by atoms with van der Waals surface area (Å²) in [5.41, 5.74) is 9.06. The molecule has 0 spiro atoms. The van der Waals surface area contributed by atoms with Crippen LogP contribution in [0.3, 0.4) is 0 Å². The first-order valence-corrected chi connectivity index (χ1v) is 10.5. The molecule has 2 aromatic carbocycles. The molecule has 2 atom stereocenters. The summed E-state index contributed by atoms with van der Waals surface area (Å²) in [6, 6.07) is 17.2. The lowest BCUT2D eigenvalue weighted by Gasteiger charge is -2.56. The Morgan fingerprint density at radius 1 is 1.00 bits per heavy atom. The van der Waals surface area contributed by atoms with Crippen LogP contribution in [0.25, 0.3) is 11.1 Å². The van der Waals surface area contributed by atoms with Gasteiger partial charge in [-0.05, 0) is 53.4 Å². The van der Waals surface area contributed by atoms with E-state index >= 15 is 0 Å². The summed E-state index contributed by atoms with van der Waals surface area (Å²) in [5, 5.41) is 0. The number of nitrogens with one attached hydrogen (secondary N) is 2. The number of hydrogen-bond acceptors (Lipinski definition) is 3. The highest BCUT2D eigenvalue weighted by Gasteiger charge is 2.50. The van der Waals surface area contributed by atoms with Crippen molar-refractivity contribution in [3.8, 4) is 11.1 Å². The van der Waals surface area contributed by atoms with Gasteiger partial charge in [0, 0.05) is 12.0 Å². The minimum atomic E-state index is -0.647. The van der Waals surface area contributed by atoms with E-state index in [-0.39, 0.29) is 5.91 Å².